The van der Waals surface area contributed by atoms with E-state index in [2.05, 4.69) is 15.6 Å². The summed E-state index contributed by atoms with van der Waals surface area (Å²) in [5.74, 6) is 0.798. The van der Waals surface area contributed by atoms with Gasteiger partial charge in [-0.2, -0.15) is 5.10 Å². The Kier molecular flexibility index (Phi) is 4.08. The maximum absolute atomic E-state index is 11.6. The summed E-state index contributed by atoms with van der Waals surface area (Å²) in [5, 5.41) is 20.5. The molecule has 0 bridgehead atoms. The number of amides is 1. The topological polar surface area (TPSA) is 116 Å². The number of nitrogens with zero attached hydrogens (tertiary/aromatic N) is 4. The molecule has 0 atom stereocenters. The number of anilines is 1. The van der Waals surface area contributed by atoms with Crippen LogP contribution in [0.2, 0.25) is 0 Å². The fourth-order valence-electron chi connectivity index (χ4n) is 1.60. The fraction of sp³-hybridized carbons (Fsp3) is 0.364. The van der Waals surface area contributed by atoms with Crippen molar-refractivity contribution in [2.45, 2.75) is 26.3 Å². The molecule has 0 aliphatic heterocycles. The molecule has 1 amide bonds. The first-order valence-electron chi connectivity index (χ1n) is 5.94. The second-order valence-electron chi connectivity index (χ2n) is 4.19. The number of aryl methyl sites for hydroxylation is 2. The number of nitro groups is 1. The fourth-order valence-corrected chi connectivity index (χ4v) is 1.60. The Hall–Kier alpha value is -2.71. The van der Waals surface area contributed by atoms with E-state index in [1.54, 1.807) is 13.0 Å². The minimum atomic E-state index is -0.511. The number of hydrogen-bond donors (Lipinski definition) is 1. The van der Waals surface area contributed by atoms with Crippen molar-refractivity contribution in [1.82, 2.24) is 14.9 Å². The summed E-state index contributed by atoms with van der Waals surface area (Å²) in [5.41, 5.74) is -0.0625. The van der Waals surface area contributed by atoms with Gasteiger partial charge in [-0.15, -0.1) is 0 Å². The van der Waals surface area contributed by atoms with E-state index in [4.69, 9.17) is 4.52 Å². The van der Waals surface area contributed by atoms with Crippen molar-refractivity contribution >= 4 is 17.4 Å². The van der Waals surface area contributed by atoms with E-state index in [-0.39, 0.29) is 18.0 Å². The minimum absolute atomic E-state index is 0.0625. The second kappa shape index (κ2) is 5.95. The first-order valence-corrected chi connectivity index (χ1v) is 5.94. The highest BCUT2D eigenvalue weighted by Gasteiger charge is 2.09. The molecule has 0 aliphatic carbocycles. The summed E-state index contributed by atoms with van der Waals surface area (Å²) in [4.78, 5) is 21.6. The quantitative estimate of drug-likeness (QED) is 0.632. The van der Waals surface area contributed by atoms with Crippen molar-refractivity contribution in [3.8, 4) is 0 Å². The number of rotatable bonds is 6. The van der Waals surface area contributed by atoms with Crippen molar-refractivity contribution in [2.24, 2.45) is 0 Å². The Morgan fingerprint density at radius 2 is 2.40 bits per heavy atom. The molecule has 2 aromatic rings. The molecule has 9 heteroatoms. The number of hydrogen-bond acceptors (Lipinski definition) is 6. The summed E-state index contributed by atoms with van der Waals surface area (Å²) in [6, 6.07) is 1.62. The zero-order valence-electron chi connectivity index (χ0n) is 10.8. The Labute approximate surface area is 113 Å². The Morgan fingerprint density at radius 3 is 3.00 bits per heavy atom. The lowest BCUT2D eigenvalue weighted by molar-refractivity contribution is -0.385. The average molecular weight is 279 g/mol. The number of carbonyl (C=O) groups excluding carboxylic acids is 1. The summed E-state index contributed by atoms with van der Waals surface area (Å²) in [6.45, 7) is 2.16. The molecule has 1 N–H and O–H groups in total. The van der Waals surface area contributed by atoms with Crippen LogP contribution in [0.1, 0.15) is 18.6 Å². The number of aromatic nitrogens is 3. The zero-order chi connectivity index (χ0) is 14.5. The third kappa shape index (κ3) is 3.64. The van der Waals surface area contributed by atoms with Gasteiger partial charge in [0, 0.05) is 19.0 Å². The Bertz CT molecular complexity index is 618. The molecule has 0 unspecified atom stereocenters. The van der Waals surface area contributed by atoms with Crippen LogP contribution in [0.25, 0.3) is 0 Å². The minimum Gasteiger partial charge on any atom is -0.360 e. The van der Waals surface area contributed by atoms with E-state index in [9.17, 15) is 14.9 Å². The van der Waals surface area contributed by atoms with E-state index in [0.717, 1.165) is 0 Å². The molecule has 0 aromatic carbocycles. The molecule has 0 saturated heterocycles. The van der Waals surface area contributed by atoms with Gasteiger partial charge < -0.3 is 9.84 Å². The summed E-state index contributed by atoms with van der Waals surface area (Å²) in [7, 11) is 0. The van der Waals surface area contributed by atoms with Gasteiger partial charge in [0.25, 0.3) is 0 Å². The molecule has 2 aromatic heterocycles. The van der Waals surface area contributed by atoms with Gasteiger partial charge in [0.1, 0.15) is 18.2 Å². The summed E-state index contributed by atoms with van der Waals surface area (Å²) in [6.07, 6.45) is 3.29. The van der Waals surface area contributed by atoms with Gasteiger partial charge in [0.15, 0.2) is 5.82 Å². The van der Waals surface area contributed by atoms with Gasteiger partial charge >= 0.3 is 5.69 Å². The monoisotopic (exact) mass is 279 g/mol. The summed E-state index contributed by atoms with van der Waals surface area (Å²) >= 11 is 0. The van der Waals surface area contributed by atoms with Gasteiger partial charge in [0.05, 0.1) is 4.92 Å². The highest BCUT2D eigenvalue weighted by atomic mass is 16.6. The van der Waals surface area contributed by atoms with E-state index >= 15 is 0 Å². The first kappa shape index (κ1) is 13.7. The molecular formula is C11H13N5O4. The summed E-state index contributed by atoms with van der Waals surface area (Å²) < 4.78 is 6.26. The van der Waals surface area contributed by atoms with Gasteiger partial charge in [-0.3, -0.25) is 19.6 Å². The normalized spacial score (nSPS) is 10.4. The van der Waals surface area contributed by atoms with Gasteiger partial charge in [0.2, 0.25) is 5.91 Å². The van der Waals surface area contributed by atoms with Crippen LogP contribution in [0, 0.1) is 17.0 Å². The molecule has 0 aliphatic rings. The third-order valence-corrected chi connectivity index (χ3v) is 2.52. The maximum atomic E-state index is 11.6. The van der Waals surface area contributed by atoms with Gasteiger partial charge in [-0.05, 0) is 13.3 Å². The Balaban J connectivity index is 1.74. The molecule has 106 valence electrons. The molecule has 20 heavy (non-hydrogen) atoms. The van der Waals surface area contributed by atoms with Gasteiger partial charge in [-0.1, -0.05) is 5.16 Å². The number of carbonyl (C=O) groups is 1. The van der Waals surface area contributed by atoms with Crippen molar-refractivity contribution in [3.63, 3.8) is 0 Å². The second-order valence-corrected chi connectivity index (χ2v) is 4.19. The highest BCUT2D eigenvalue weighted by Crippen LogP contribution is 2.10. The third-order valence-electron chi connectivity index (χ3n) is 2.52. The smallest absolute Gasteiger partial charge is 0.306 e. The lowest BCUT2D eigenvalue weighted by Gasteiger charge is -2.01. The first-order chi connectivity index (χ1) is 9.54. The highest BCUT2D eigenvalue weighted by molar-refractivity contribution is 5.89. The van der Waals surface area contributed by atoms with Crippen LogP contribution < -0.4 is 5.32 Å². The van der Waals surface area contributed by atoms with E-state index in [1.165, 1.54) is 17.1 Å². The molecule has 0 spiro atoms. The lowest BCUT2D eigenvalue weighted by Crippen LogP contribution is -2.12. The van der Waals surface area contributed by atoms with Crippen LogP contribution >= 0.6 is 0 Å². The van der Waals surface area contributed by atoms with Crippen LogP contribution in [-0.4, -0.2) is 25.8 Å². The molecule has 9 nitrogen and oxygen atoms in total. The van der Waals surface area contributed by atoms with E-state index in [1.807, 2.05) is 0 Å². The SMILES string of the molecule is Cc1cc(NC(=O)CCCn2cc([N+](=O)[O-])cn2)no1. The largest absolute Gasteiger partial charge is 0.360 e. The van der Waals surface area contributed by atoms with Crippen molar-refractivity contribution < 1.29 is 14.2 Å². The van der Waals surface area contributed by atoms with Crippen molar-refractivity contribution in [3.05, 3.63) is 34.3 Å². The predicted molar refractivity (Wildman–Crippen MR) is 68.0 cm³/mol. The zero-order valence-corrected chi connectivity index (χ0v) is 10.8. The number of nitrogens with one attached hydrogen (secondary N) is 1. The van der Waals surface area contributed by atoms with Crippen LogP contribution in [0.4, 0.5) is 11.5 Å². The molecule has 0 fully saturated rings. The molecule has 0 radical (unpaired) electrons. The van der Waals surface area contributed by atoms with E-state index < -0.39 is 4.92 Å². The van der Waals surface area contributed by atoms with Gasteiger partial charge in [-0.25, -0.2) is 0 Å². The van der Waals surface area contributed by atoms with Crippen LogP contribution in [0.3, 0.4) is 0 Å². The molecule has 2 rings (SSSR count). The predicted octanol–water partition coefficient (Wildman–Crippen LogP) is 1.51. The molecule has 2 heterocycles. The van der Waals surface area contributed by atoms with Crippen LogP contribution in [-0.2, 0) is 11.3 Å². The van der Waals surface area contributed by atoms with Crippen LogP contribution in [0.15, 0.2) is 23.0 Å². The molecule has 0 saturated carbocycles. The maximum Gasteiger partial charge on any atom is 0.306 e. The lowest BCUT2D eigenvalue weighted by atomic mass is 10.3. The molecular weight excluding hydrogens is 266 g/mol. The average Bonchev–Trinajstić information content (AvgIpc) is 2.99. The van der Waals surface area contributed by atoms with Crippen molar-refractivity contribution in [1.29, 1.82) is 0 Å². The standard InChI is InChI=1S/C11H13N5O4/c1-8-5-10(14-20-8)13-11(17)3-2-4-15-7-9(6-12-15)16(18)19/h5-7H,2-4H2,1H3,(H,13,14,17). The van der Waals surface area contributed by atoms with E-state index in [0.29, 0.717) is 24.5 Å². The van der Waals surface area contributed by atoms with Crippen molar-refractivity contribution in [2.75, 3.05) is 5.32 Å². The Morgan fingerprint density at radius 1 is 1.60 bits per heavy atom. The van der Waals surface area contributed by atoms with Crippen LogP contribution in [0.5, 0.6) is 0 Å².